The Balaban J connectivity index is 1.22. The number of fused-ring (bicyclic) bond motifs is 6. The standard InChI is InChI=1S/C49H37N5/c1-2-3-15-33-26-28-34(29-27-33)37-20-14-21-38(30-37)53-43-24-12-10-22-39(43)41-31-42-40-23-11-13-25-44(40)54(46(42)32-45(41)53)49-51-47(35-16-6-4-7-17-35)50-48(52-49)36-18-8-5-9-19-36/h4-14,16-32H,2-3,15H2,1H3. The number of aromatic nitrogens is 5. The third kappa shape index (κ3) is 5.44. The fourth-order valence-electron chi connectivity index (χ4n) is 7.89. The smallest absolute Gasteiger partial charge is 0.238 e. The van der Waals surface area contributed by atoms with Gasteiger partial charge >= 0.3 is 0 Å². The minimum atomic E-state index is 0.584. The highest BCUT2D eigenvalue weighted by molar-refractivity contribution is 6.19. The first-order valence-electron chi connectivity index (χ1n) is 18.8. The molecular weight excluding hydrogens is 659 g/mol. The van der Waals surface area contributed by atoms with Crippen molar-refractivity contribution in [1.29, 1.82) is 0 Å². The van der Waals surface area contributed by atoms with Gasteiger partial charge in [-0.3, -0.25) is 4.57 Å². The Kier molecular flexibility index (Phi) is 7.84. The average Bonchev–Trinajstić information content (AvgIpc) is 3.74. The average molecular weight is 696 g/mol. The third-order valence-corrected chi connectivity index (χ3v) is 10.6. The van der Waals surface area contributed by atoms with E-state index in [9.17, 15) is 0 Å². The van der Waals surface area contributed by atoms with Crippen molar-refractivity contribution in [3.63, 3.8) is 0 Å². The van der Waals surface area contributed by atoms with Crippen LogP contribution < -0.4 is 0 Å². The molecule has 0 fully saturated rings. The van der Waals surface area contributed by atoms with Crippen molar-refractivity contribution in [3.8, 4) is 45.5 Å². The van der Waals surface area contributed by atoms with Gasteiger partial charge in [0, 0.05) is 38.4 Å². The van der Waals surface area contributed by atoms with E-state index in [2.05, 4.69) is 150 Å². The van der Waals surface area contributed by atoms with E-state index in [-0.39, 0.29) is 0 Å². The summed E-state index contributed by atoms with van der Waals surface area (Å²) < 4.78 is 4.62. The predicted molar refractivity (Wildman–Crippen MR) is 223 cm³/mol. The summed E-state index contributed by atoms with van der Waals surface area (Å²) in [6.45, 7) is 2.25. The van der Waals surface area contributed by atoms with Crippen LogP contribution in [0, 0.1) is 0 Å². The molecule has 0 radical (unpaired) electrons. The molecule has 0 saturated carbocycles. The zero-order valence-corrected chi connectivity index (χ0v) is 30.0. The van der Waals surface area contributed by atoms with Gasteiger partial charge < -0.3 is 4.57 Å². The predicted octanol–water partition coefficient (Wildman–Crippen LogP) is 12.4. The van der Waals surface area contributed by atoms with Gasteiger partial charge in [-0.15, -0.1) is 0 Å². The molecule has 0 aliphatic carbocycles. The lowest BCUT2D eigenvalue weighted by atomic mass is 10.0. The fraction of sp³-hybridized carbons (Fsp3) is 0.0816. The lowest BCUT2D eigenvalue weighted by Crippen LogP contribution is -2.06. The molecule has 3 heterocycles. The van der Waals surface area contributed by atoms with E-state index in [0.717, 1.165) is 50.6 Å². The van der Waals surface area contributed by atoms with Gasteiger partial charge in [-0.1, -0.05) is 147 Å². The summed E-state index contributed by atoms with van der Waals surface area (Å²) in [7, 11) is 0. The van der Waals surface area contributed by atoms with Gasteiger partial charge in [-0.05, 0) is 65.9 Å². The molecule has 258 valence electrons. The molecule has 0 atom stereocenters. The number of para-hydroxylation sites is 2. The summed E-state index contributed by atoms with van der Waals surface area (Å²) in [4.78, 5) is 15.3. The maximum Gasteiger partial charge on any atom is 0.238 e. The van der Waals surface area contributed by atoms with Gasteiger partial charge in [0.2, 0.25) is 5.95 Å². The molecule has 5 heteroatoms. The molecular formula is C49H37N5. The number of nitrogens with zero attached hydrogens (tertiary/aromatic N) is 5. The van der Waals surface area contributed by atoms with E-state index in [1.807, 2.05) is 36.4 Å². The maximum absolute atomic E-state index is 5.18. The van der Waals surface area contributed by atoms with Gasteiger partial charge in [-0.2, -0.15) is 9.97 Å². The van der Waals surface area contributed by atoms with Crippen molar-refractivity contribution in [3.05, 3.63) is 175 Å². The molecule has 3 aromatic heterocycles. The minimum absolute atomic E-state index is 0.584. The molecule has 0 unspecified atom stereocenters. The van der Waals surface area contributed by atoms with Crippen molar-refractivity contribution in [2.45, 2.75) is 26.2 Å². The van der Waals surface area contributed by atoms with E-state index in [1.54, 1.807) is 0 Å². The van der Waals surface area contributed by atoms with Crippen LogP contribution >= 0.6 is 0 Å². The lowest BCUT2D eigenvalue weighted by Gasteiger charge is -2.12. The number of hydrogen-bond acceptors (Lipinski definition) is 3. The molecule has 10 aromatic rings. The van der Waals surface area contributed by atoms with Crippen LogP contribution in [0.4, 0.5) is 0 Å². The third-order valence-electron chi connectivity index (χ3n) is 10.6. The summed E-state index contributed by atoms with van der Waals surface area (Å²) in [5, 5.41) is 4.73. The Morgan fingerprint density at radius 1 is 0.407 bits per heavy atom. The van der Waals surface area contributed by atoms with Crippen LogP contribution in [0.15, 0.2) is 170 Å². The van der Waals surface area contributed by atoms with Gasteiger partial charge in [0.25, 0.3) is 0 Å². The highest BCUT2D eigenvalue weighted by Crippen LogP contribution is 2.40. The second-order valence-corrected chi connectivity index (χ2v) is 14.0. The Labute approximate surface area is 313 Å². The van der Waals surface area contributed by atoms with Crippen molar-refractivity contribution in [2.75, 3.05) is 0 Å². The maximum atomic E-state index is 5.18. The molecule has 0 N–H and O–H groups in total. The lowest BCUT2D eigenvalue weighted by molar-refractivity contribution is 0.795. The first-order chi connectivity index (χ1) is 26.7. The SMILES string of the molecule is CCCCc1ccc(-c2cccc(-n3c4ccccc4c4cc5c6ccccc6n(-c6nc(-c7ccccc7)nc(-c7ccccc7)n6)c5cc43)c2)cc1. The number of benzene rings is 7. The molecule has 0 saturated heterocycles. The quantitative estimate of drug-likeness (QED) is 0.159. The molecule has 7 aromatic carbocycles. The van der Waals surface area contributed by atoms with Crippen LogP contribution in [-0.2, 0) is 6.42 Å². The summed E-state index contributed by atoms with van der Waals surface area (Å²) in [6, 6.07) is 60.3. The topological polar surface area (TPSA) is 48.5 Å². The first-order valence-corrected chi connectivity index (χ1v) is 18.8. The van der Waals surface area contributed by atoms with Crippen LogP contribution in [0.5, 0.6) is 0 Å². The zero-order valence-electron chi connectivity index (χ0n) is 30.0. The number of aryl methyl sites for hydroxylation is 1. The summed E-state index contributed by atoms with van der Waals surface area (Å²) in [5.41, 5.74) is 11.2. The summed E-state index contributed by atoms with van der Waals surface area (Å²) in [5.74, 6) is 1.85. The van der Waals surface area contributed by atoms with Crippen LogP contribution in [0.1, 0.15) is 25.3 Å². The molecule has 0 spiro atoms. The van der Waals surface area contributed by atoms with Gasteiger partial charge in [0.05, 0.1) is 22.1 Å². The van der Waals surface area contributed by atoms with Crippen LogP contribution in [0.25, 0.3) is 89.2 Å². The number of hydrogen-bond donors (Lipinski definition) is 0. The van der Waals surface area contributed by atoms with E-state index in [1.165, 1.54) is 45.8 Å². The van der Waals surface area contributed by atoms with Gasteiger partial charge in [0.15, 0.2) is 11.6 Å². The minimum Gasteiger partial charge on any atom is -0.309 e. The molecule has 5 nitrogen and oxygen atoms in total. The Morgan fingerprint density at radius 2 is 0.963 bits per heavy atom. The second kappa shape index (κ2) is 13.3. The normalized spacial score (nSPS) is 11.6. The summed E-state index contributed by atoms with van der Waals surface area (Å²) in [6.07, 6.45) is 3.54. The van der Waals surface area contributed by atoms with Crippen molar-refractivity contribution in [2.24, 2.45) is 0 Å². The van der Waals surface area contributed by atoms with Crippen molar-refractivity contribution in [1.82, 2.24) is 24.1 Å². The van der Waals surface area contributed by atoms with E-state index in [4.69, 9.17) is 15.0 Å². The fourth-order valence-corrected chi connectivity index (χ4v) is 7.89. The van der Waals surface area contributed by atoms with E-state index < -0.39 is 0 Å². The van der Waals surface area contributed by atoms with Crippen LogP contribution in [0.3, 0.4) is 0 Å². The highest BCUT2D eigenvalue weighted by Gasteiger charge is 2.21. The molecule has 10 rings (SSSR count). The Bertz CT molecular complexity index is 2900. The molecule has 0 amide bonds. The van der Waals surface area contributed by atoms with Crippen LogP contribution in [-0.4, -0.2) is 24.1 Å². The van der Waals surface area contributed by atoms with Crippen molar-refractivity contribution >= 4 is 43.6 Å². The molecule has 0 aliphatic rings. The van der Waals surface area contributed by atoms with Gasteiger partial charge in [0.1, 0.15) is 0 Å². The number of unbranched alkanes of at least 4 members (excludes halogenated alkanes) is 1. The largest absolute Gasteiger partial charge is 0.309 e. The highest BCUT2D eigenvalue weighted by atomic mass is 15.2. The Hall–Kier alpha value is -6.85. The number of rotatable bonds is 8. The molecule has 0 aliphatic heterocycles. The Morgan fingerprint density at radius 3 is 1.59 bits per heavy atom. The van der Waals surface area contributed by atoms with E-state index in [0.29, 0.717) is 17.6 Å². The molecule has 54 heavy (non-hydrogen) atoms. The van der Waals surface area contributed by atoms with E-state index >= 15 is 0 Å². The molecule has 0 bridgehead atoms. The van der Waals surface area contributed by atoms with Gasteiger partial charge in [-0.25, -0.2) is 4.98 Å². The van der Waals surface area contributed by atoms with Crippen molar-refractivity contribution < 1.29 is 0 Å². The van der Waals surface area contributed by atoms with Crippen LogP contribution in [0.2, 0.25) is 0 Å². The first kappa shape index (κ1) is 31.9. The summed E-state index contributed by atoms with van der Waals surface area (Å²) >= 11 is 0. The zero-order chi connectivity index (χ0) is 36.0. The monoisotopic (exact) mass is 695 g/mol. The second-order valence-electron chi connectivity index (χ2n) is 14.0.